The Bertz CT molecular complexity index is 565. The summed E-state index contributed by atoms with van der Waals surface area (Å²) in [4.78, 5) is 37.4. The lowest BCUT2D eigenvalue weighted by Gasteiger charge is -2.26. The largest absolute Gasteiger partial charge is 0.481 e. The number of nitrogens with zero attached hydrogens (tertiary/aromatic N) is 1. The molecule has 0 radical (unpaired) electrons. The van der Waals surface area contributed by atoms with Gasteiger partial charge < -0.3 is 21.5 Å². The number of hydrogen-bond acceptors (Lipinski definition) is 4. The van der Waals surface area contributed by atoms with Gasteiger partial charge in [-0.3, -0.25) is 9.59 Å². The van der Waals surface area contributed by atoms with Crippen LogP contribution in [0.15, 0.2) is 18.3 Å². The zero-order valence-corrected chi connectivity index (χ0v) is 11.9. The lowest BCUT2D eigenvalue weighted by Crippen LogP contribution is -2.41. The third kappa shape index (κ3) is 4.18. The normalized spacial score (nSPS) is 20.9. The first-order valence-corrected chi connectivity index (χ1v) is 7.02. The van der Waals surface area contributed by atoms with Gasteiger partial charge in [0.1, 0.15) is 5.69 Å². The number of rotatable bonds is 4. The number of carbonyl (C=O) groups is 3. The minimum Gasteiger partial charge on any atom is -0.481 e. The highest BCUT2D eigenvalue weighted by Gasteiger charge is 2.26. The number of carboxylic acid groups (broad SMARTS) is 1. The average Bonchev–Trinajstić information content (AvgIpc) is 2.48. The second-order valence-corrected chi connectivity index (χ2v) is 5.28. The van der Waals surface area contributed by atoms with Crippen molar-refractivity contribution in [3.63, 3.8) is 0 Å². The molecule has 0 atom stereocenters. The van der Waals surface area contributed by atoms with E-state index in [0.29, 0.717) is 31.4 Å². The van der Waals surface area contributed by atoms with E-state index in [1.165, 1.54) is 18.3 Å². The first-order chi connectivity index (χ1) is 10.5. The Balaban J connectivity index is 1.81. The Labute approximate surface area is 127 Å². The van der Waals surface area contributed by atoms with E-state index < -0.39 is 11.9 Å². The molecule has 1 saturated carbocycles. The highest BCUT2D eigenvalue weighted by atomic mass is 16.4. The summed E-state index contributed by atoms with van der Waals surface area (Å²) in [5.74, 6) is -1.72. The number of aliphatic carboxylic acids is 1. The first-order valence-electron chi connectivity index (χ1n) is 7.02. The van der Waals surface area contributed by atoms with Gasteiger partial charge in [0.25, 0.3) is 5.91 Å². The Morgan fingerprint density at radius 3 is 2.36 bits per heavy atom. The van der Waals surface area contributed by atoms with Crippen molar-refractivity contribution < 1.29 is 19.5 Å². The monoisotopic (exact) mass is 306 g/mol. The highest BCUT2D eigenvalue weighted by molar-refractivity contribution is 5.92. The van der Waals surface area contributed by atoms with Crippen molar-refractivity contribution >= 4 is 23.6 Å². The number of urea groups is 1. The molecule has 1 aromatic heterocycles. The molecule has 0 unspecified atom stereocenters. The molecule has 1 fully saturated rings. The number of nitrogens with two attached hydrogens (primary N) is 1. The SMILES string of the molecule is NC(=O)c1ccc(NC(=O)NC2CCC(C(=O)O)CC2)cn1. The minimum atomic E-state index is -0.775. The molecule has 8 heteroatoms. The molecule has 1 aliphatic rings. The zero-order chi connectivity index (χ0) is 16.1. The van der Waals surface area contributed by atoms with Crippen LogP contribution in [0.4, 0.5) is 10.5 Å². The molecule has 0 aliphatic heterocycles. The molecular formula is C14H18N4O4. The van der Waals surface area contributed by atoms with Gasteiger partial charge in [-0.2, -0.15) is 0 Å². The van der Waals surface area contributed by atoms with Crippen LogP contribution in [0.5, 0.6) is 0 Å². The highest BCUT2D eigenvalue weighted by Crippen LogP contribution is 2.24. The van der Waals surface area contributed by atoms with Gasteiger partial charge in [0, 0.05) is 6.04 Å². The molecular weight excluding hydrogens is 288 g/mol. The van der Waals surface area contributed by atoms with E-state index in [1.807, 2.05) is 0 Å². The molecule has 1 heterocycles. The Kier molecular flexibility index (Phi) is 4.92. The standard InChI is InChI=1S/C14H18N4O4/c15-12(19)11-6-5-10(7-16-11)18-14(22)17-9-3-1-8(2-4-9)13(20)21/h5-9H,1-4H2,(H2,15,19)(H,20,21)(H2,17,18,22). The fourth-order valence-electron chi connectivity index (χ4n) is 2.45. The first kappa shape index (κ1) is 15.7. The summed E-state index contributed by atoms with van der Waals surface area (Å²) in [7, 11) is 0. The number of anilines is 1. The summed E-state index contributed by atoms with van der Waals surface area (Å²) in [5.41, 5.74) is 5.65. The van der Waals surface area contributed by atoms with E-state index in [4.69, 9.17) is 10.8 Å². The van der Waals surface area contributed by atoms with Gasteiger partial charge in [0.05, 0.1) is 17.8 Å². The molecule has 1 aliphatic carbocycles. The number of amides is 3. The maximum Gasteiger partial charge on any atom is 0.319 e. The number of pyridine rings is 1. The minimum absolute atomic E-state index is 0.0338. The van der Waals surface area contributed by atoms with Crippen LogP contribution in [-0.4, -0.2) is 34.0 Å². The van der Waals surface area contributed by atoms with Crippen molar-refractivity contribution in [2.45, 2.75) is 31.7 Å². The Morgan fingerprint density at radius 2 is 1.86 bits per heavy atom. The molecule has 8 nitrogen and oxygen atoms in total. The summed E-state index contributed by atoms with van der Waals surface area (Å²) in [6.45, 7) is 0. The third-order valence-corrected chi connectivity index (χ3v) is 3.69. The molecule has 0 bridgehead atoms. The lowest BCUT2D eigenvalue weighted by molar-refractivity contribution is -0.142. The van der Waals surface area contributed by atoms with Crippen molar-refractivity contribution in [1.29, 1.82) is 0 Å². The van der Waals surface area contributed by atoms with E-state index in [1.54, 1.807) is 0 Å². The van der Waals surface area contributed by atoms with E-state index in [-0.39, 0.29) is 23.7 Å². The smallest absolute Gasteiger partial charge is 0.319 e. The van der Waals surface area contributed by atoms with Crippen LogP contribution in [0.2, 0.25) is 0 Å². The maximum atomic E-state index is 11.9. The summed E-state index contributed by atoms with van der Waals surface area (Å²) in [6.07, 6.45) is 3.76. The van der Waals surface area contributed by atoms with E-state index in [0.717, 1.165) is 0 Å². The van der Waals surface area contributed by atoms with Crippen LogP contribution in [0.1, 0.15) is 36.2 Å². The lowest BCUT2D eigenvalue weighted by atomic mass is 9.86. The fraction of sp³-hybridized carbons (Fsp3) is 0.429. The fourth-order valence-corrected chi connectivity index (χ4v) is 2.45. The molecule has 22 heavy (non-hydrogen) atoms. The summed E-state index contributed by atoms with van der Waals surface area (Å²) >= 11 is 0. The van der Waals surface area contributed by atoms with E-state index in [9.17, 15) is 14.4 Å². The topological polar surface area (TPSA) is 134 Å². The van der Waals surface area contributed by atoms with E-state index in [2.05, 4.69) is 15.6 Å². The van der Waals surface area contributed by atoms with Gasteiger partial charge in [-0.05, 0) is 37.8 Å². The van der Waals surface area contributed by atoms with Crippen molar-refractivity contribution in [2.75, 3.05) is 5.32 Å². The molecule has 0 spiro atoms. The van der Waals surface area contributed by atoms with Gasteiger partial charge in [-0.25, -0.2) is 9.78 Å². The number of aromatic nitrogens is 1. The number of nitrogens with one attached hydrogen (secondary N) is 2. The van der Waals surface area contributed by atoms with Crippen LogP contribution in [0.25, 0.3) is 0 Å². The van der Waals surface area contributed by atoms with Crippen molar-refractivity contribution in [3.05, 3.63) is 24.0 Å². The molecule has 1 aromatic rings. The summed E-state index contributed by atoms with van der Waals surface area (Å²) in [6, 6.07) is 2.55. The predicted molar refractivity (Wildman–Crippen MR) is 78.3 cm³/mol. The van der Waals surface area contributed by atoms with Gasteiger partial charge >= 0.3 is 12.0 Å². The van der Waals surface area contributed by atoms with Crippen LogP contribution in [-0.2, 0) is 4.79 Å². The molecule has 3 amide bonds. The van der Waals surface area contributed by atoms with Gasteiger partial charge in [-0.15, -0.1) is 0 Å². The van der Waals surface area contributed by atoms with Crippen molar-refractivity contribution in [3.8, 4) is 0 Å². The van der Waals surface area contributed by atoms with Gasteiger partial charge in [-0.1, -0.05) is 0 Å². The predicted octanol–water partition coefficient (Wildman–Crippen LogP) is 0.945. The molecule has 0 aromatic carbocycles. The average molecular weight is 306 g/mol. The van der Waals surface area contributed by atoms with E-state index >= 15 is 0 Å². The second-order valence-electron chi connectivity index (χ2n) is 5.28. The quantitative estimate of drug-likeness (QED) is 0.656. The van der Waals surface area contributed by atoms with Crippen molar-refractivity contribution in [2.24, 2.45) is 11.7 Å². The summed E-state index contributed by atoms with van der Waals surface area (Å²) in [5, 5.41) is 14.3. The number of carbonyl (C=O) groups excluding carboxylic acids is 2. The van der Waals surface area contributed by atoms with Gasteiger partial charge in [0.2, 0.25) is 0 Å². The molecule has 118 valence electrons. The Hall–Kier alpha value is -2.64. The Morgan fingerprint density at radius 1 is 1.18 bits per heavy atom. The van der Waals surface area contributed by atoms with Crippen molar-refractivity contribution in [1.82, 2.24) is 10.3 Å². The molecule has 0 saturated heterocycles. The molecule has 2 rings (SSSR count). The third-order valence-electron chi connectivity index (χ3n) is 3.69. The van der Waals surface area contributed by atoms with Crippen LogP contribution >= 0.6 is 0 Å². The second kappa shape index (κ2) is 6.88. The van der Waals surface area contributed by atoms with Gasteiger partial charge in [0.15, 0.2) is 0 Å². The van der Waals surface area contributed by atoms with Crippen LogP contribution in [0.3, 0.4) is 0 Å². The van der Waals surface area contributed by atoms with Crippen LogP contribution < -0.4 is 16.4 Å². The summed E-state index contributed by atoms with van der Waals surface area (Å²) < 4.78 is 0. The number of primary amides is 1. The van der Waals surface area contributed by atoms with Crippen LogP contribution in [0, 0.1) is 5.92 Å². The maximum absolute atomic E-state index is 11.9. The number of carboxylic acids is 1. The number of hydrogen-bond donors (Lipinski definition) is 4. The zero-order valence-electron chi connectivity index (χ0n) is 11.9. The molecule has 5 N–H and O–H groups in total.